The summed E-state index contributed by atoms with van der Waals surface area (Å²) in [6.45, 7) is 5.99. The molecule has 0 bridgehead atoms. The molecule has 2 aliphatic rings. The number of hydrogen-bond acceptors (Lipinski definition) is 10. The molecule has 1 saturated heterocycles. The monoisotopic (exact) mass is 464 g/mol. The minimum Gasteiger partial charge on any atom is -0.494 e. The van der Waals surface area contributed by atoms with E-state index in [0.717, 1.165) is 43.0 Å². The third-order valence-electron chi connectivity index (χ3n) is 6.29. The Morgan fingerprint density at radius 2 is 1.97 bits per heavy atom. The highest BCUT2D eigenvalue weighted by molar-refractivity contribution is 5.92. The maximum atomic E-state index is 12.7. The van der Waals surface area contributed by atoms with Crippen molar-refractivity contribution in [2.75, 3.05) is 57.2 Å². The van der Waals surface area contributed by atoms with Crippen LogP contribution >= 0.6 is 0 Å². The summed E-state index contributed by atoms with van der Waals surface area (Å²) in [5.41, 5.74) is 4.95. The highest BCUT2D eigenvalue weighted by Crippen LogP contribution is 2.36. The van der Waals surface area contributed by atoms with Gasteiger partial charge in [0.2, 0.25) is 5.95 Å². The van der Waals surface area contributed by atoms with Gasteiger partial charge in [0, 0.05) is 49.1 Å². The van der Waals surface area contributed by atoms with Crippen molar-refractivity contribution < 1.29 is 18.8 Å². The molecule has 0 spiro atoms. The number of nitrogens with zero attached hydrogens (tertiary/aromatic N) is 5. The first-order valence-electron chi connectivity index (χ1n) is 11.5. The molecule has 0 amide bonds. The van der Waals surface area contributed by atoms with Crippen LogP contribution in [0.1, 0.15) is 28.5 Å². The fourth-order valence-electron chi connectivity index (χ4n) is 4.40. The van der Waals surface area contributed by atoms with Gasteiger partial charge in [-0.05, 0) is 38.9 Å². The Hall–Kier alpha value is -3.66. The van der Waals surface area contributed by atoms with Gasteiger partial charge in [-0.1, -0.05) is 5.16 Å². The summed E-state index contributed by atoms with van der Waals surface area (Å²) in [4.78, 5) is 26.6. The quantitative estimate of drug-likeness (QED) is 0.547. The van der Waals surface area contributed by atoms with Crippen molar-refractivity contribution in [1.29, 1.82) is 0 Å². The number of anilines is 3. The average Bonchev–Trinajstić information content (AvgIpc) is 3.34. The van der Waals surface area contributed by atoms with E-state index in [-0.39, 0.29) is 18.2 Å². The minimum absolute atomic E-state index is 0.246. The van der Waals surface area contributed by atoms with E-state index >= 15 is 0 Å². The van der Waals surface area contributed by atoms with Crippen molar-refractivity contribution in [2.24, 2.45) is 0 Å². The number of nitrogens with one attached hydrogen (secondary N) is 1. The van der Waals surface area contributed by atoms with Crippen LogP contribution in [0.15, 0.2) is 29.0 Å². The summed E-state index contributed by atoms with van der Waals surface area (Å²) in [7, 11) is 3.77. The molecule has 1 fully saturated rings. The van der Waals surface area contributed by atoms with Gasteiger partial charge in [-0.2, -0.15) is 0 Å². The van der Waals surface area contributed by atoms with Gasteiger partial charge in [-0.3, -0.25) is 0 Å². The molecule has 3 heterocycles. The number of ether oxygens (including phenoxy) is 2. The molecule has 0 radical (unpaired) electrons. The first-order chi connectivity index (χ1) is 16.6. The number of esters is 1. The molecule has 10 heteroatoms. The largest absolute Gasteiger partial charge is 0.494 e. The Kier molecular flexibility index (Phi) is 6.06. The number of aryl methyl sites for hydroxylation is 1. The Labute approximate surface area is 197 Å². The molecule has 1 aliphatic heterocycles. The highest BCUT2D eigenvalue weighted by Gasteiger charge is 2.29. The Balaban J connectivity index is 1.49. The lowest BCUT2D eigenvalue weighted by Gasteiger charge is -2.34. The molecule has 34 heavy (non-hydrogen) atoms. The molecule has 178 valence electrons. The van der Waals surface area contributed by atoms with Crippen molar-refractivity contribution in [1.82, 2.24) is 20.0 Å². The number of piperazine rings is 1. The zero-order valence-corrected chi connectivity index (χ0v) is 19.6. The van der Waals surface area contributed by atoms with Crippen molar-refractivity contribution >= 4 is 23.3 Å². The predicted molar refractivity (Wildman–Crippen MR) is 127 cm³/mol. The van der Waals surface area contributed by atoms with Crippen molar-refractivity contribution in [3.63, 3.8) is 0 Å². The van der Waals surface area contributed by atoms with E-state index < -0.39 is 5.97 Å². The Morgan fingerprint density at radius 3 is 2.74 bits per heavy atom. The van der Waals surface area contributed by atoms with Gasteiger partial charge in [0.25, 0.3) is 0 Å². The lowest BCUT2D eigenvalue weighted by Crippen LogP contribution is -2.44. The molecule has 1 aliphatic carbocycles. The molecule has 1 N–H and O–H groups in total. The molecule has 10 nitrogen and oxygen atoms in total. The van der Waals surface area contributed by atoms with Gasteiger partial charge in [0.05, 0.1) is 19.4 Å². The highest BCUT2D eigenvalue weighted by atomic mass is 16.5. The smallest absolute Gasteiger partial charge is 0.357 e. The lowest BCUT2D eigenvalue weighted by atomic mass is 9.93. The number of carbonyl (C=O) groups excluding carboxylic acids is 1. The molecule has 0 saturated carbocycles. The number of methoxy groups -OCH3 is 1. The van der Waals surface area contributed by atoms with Crippen LogP contribution in [-0.2, 0) is 17.6 Å². The first-order valence-corrected chi connectivity index (χ1v) is 11.5. The summed E-state index contributed by atoms with van der Waals surface area (Å²) >= 11 is 0. The van der Waals surface area contributed by atoms with Crippen molar-refractivity contribution in [3.05, 3.63) is 41.3 Å². The minimum atomic E-state index is -0.478. The summed E-state index contributed by atoms with van der Waals surface area (Å²) in [5.74, 6) is 0.453. The van der Waals surface area contributed by atoms with Crippen molar-refractivity contribution in [3.8, 4) is 17.1 Å². The van der Waals surface area contributed by atoms with Crippen LogP contribution in [0.2, 0.25) is 0 Å². The fraction of sp³-hybridized carbons (Fsp3) is 0.417. The number of fused-ring (bicyclic) bond motifs is 3. The average molecular weight is 465 g/mol. The van der Waals surface area contributed by atoms with E-state index in [0.29, 0.717) is 35.7 Å². The van der Waals surface area contributed by atoms with Crippen LogP contribution in [0.4, 0.5) is 17.3 Å². The number of likely N-dealkylation sites (N-methyl/N-ethyl adjacent to an activating group) is 1. The van der Waals surface area contributed by atoms with E-state index in [2.05, 4.69) is 38.4 Å². The summed E-state index contributed by atoms with van der Waals surface area (Å²) < 4.78 is 16.1. The van der Waals surface area contributed by atoms with Crippen molar-refractivity contribution in [2.45, 2.75) is 19.8 Å². The van der Waals surface area contributed by atoms with Crippen LogP contribution in [0, 0.1) is 0 Å². The fourth-order valence-corrected chi connectivity index (χ4v) is 4.40. The molecule has 0 unspecified atom stereocenters. The molecular formula is C24H28N6O4. The summed E-state index contributed by atoms with van der Waals surface area (Å²) in [6.07, 6.45) is 2.94. The van der Waals surface area contributed by atoms with Gasteiger partial charge in [0.15, 0.2) is 5.69 Å². The van der Waals surface area contributed by atoms with Crippen LogP contribution < -0.4 is 15.0 Å². The number of carbonyl (C=O) groups is 1. The third-order valence-corrected chi connectivity index (χ3v) is 6.29. The second-order valence-corrected chi connectivity index (χ2v) is 8.43. The van der Waals surface area contributed by atoms with Crippen LogP contribution in [0.3, 0.4) is 0 Å². The van der Waals surface area contributed by atoms with Crippen LogP contribution in [-0.4, -0.2) is 72.9 Å². The maximum Gasteiger partial charge on any atom is 0.357 e. The second kappa shape index (κ2) is 9.30. The van der Waals surface area contributed by atoms with Gasteiger partial charge in [0.1, 0.15) is 23.4 Å². The standard InChI is InChI=1S/C24H28N6O4/c1-4-33-23(31)22-17-7-5-15-14-34-28-20(15)21(17)26-24(27-22)25-18-8-6-16(13-19(18)32-3)30-11-9-29(2)10-12-30/h6,8,13-14H,4-5,7,9-12H2,1-3H3,(H,25,26,27). The lowest BCUT2D eigenvalue weighted by molar-refractivity contribution is 0.0518. The maximum absolute atomic E-state index is 12.7. The normalized spacial score (nSPS) is 15.4. The van der Waals surface area contributed by atoms with Gasteiger partial charge in [-0.15, -0.1) is 0 Å². The van der Waals surface area contributed by atoms with E-state index in [9.17, 15) is 4.79 Å². The number of benzene rings is 1. The number of hydrogen-bond donors (Lipinski definition) is 1. The number of aromatic nitrogens is 3. The van der Waals surface area contributed by atoms with E-state index in [4.69, 9.17) is 19.0 Å². The van der Waals surface area contributed by atoms with Crippen LogP contribution in [0.25, 0.3) is 11.4 Å². The van der Waals surface area contributed by atoms with Crippen LogP contribution in [0.5, 0.6) is 5.75 Å². The Morgan fingerprint density at radius 1 is 1.15 bits per heavy atom. The molecular weight excluding hydrogens is 436 g/mol. The zero-order chi connectivity index (χ0) is 23.7. The topological polar surface area (TPSA) is 106 Å². The Bertz CT molecular complexity index is 1200. The molecule has 0 atom stereocenters. The van der Waals surface area contributed by atoms with Gasteiger partial charge in [-0.25, -0.2) is 14.8 Å². The summed E-state index contributed by atoms with van der Waals surface area (Å²) in [6, 6.07) is 6.01. The summed E-state index contributed by atoms with van der Waals surface area (Å²) in [5, 5.41) is 7.35. The molecule has 3 aromatic rings. The van der Waals surface area contributed by atoms with E-state index in [1.54, 1.807) is 20.3 Å². The molecule has 1 aromatic carbocycles. The SMILES string of the molecule is CCOC(=O)c1nc(Nc2ccc(N3CCN(C)CC3)cc2OC)nc2c1CCc1conc1-2. The van der Waals surface area contributed by atoms with Gasteiger partial charge < -0.3 is 29.1 Å². The second-order valence-electron chi connectivity index (χ2n) is 8.43. The molecule has 2 aromatic heterocycles. The first kappa shape index (κ1) is 22.1. The predicted octanol–water partition coefficient (Wildman–Crippen LogP) is 2.91. The van der Waals surface area contributed by atoms with E-state index in [1.807, 2.05) is 12.1 Å². The van der Waals surface area contributed by atoms with E-state index in [1.165, 1.54) is 0 Å². The zero-order valence-electron chi connectivity index (χ0n) is 19.6. The third kappa shape index (κ3) is 4.16. The van der Waals surface area contributed by atoms with Gasteiger partial charge >= 0.3 is 5.97 Å². The number of rotatable bonds is 6. The molecule has 5 rings (SSSR count).